The van der Waals surface area contributed by atoms with Gasteiger partial charge in [0.05, 0.1) is 5.56 Å². The fraction of sp³-hybridized carbons (Fsp3) is 0.625. The third-order valence-electron chi connectivity index (χ3n) is 3.84. The monoisotopic (exact) mass is 300 g/mol. The first-order chi connectivity index (χ1) is 9.82. The maximum Gasteiger partial charge on any atom is 0.416 e. The molecule has 118 valence electrons. The summed E-state index contributed by atoms with van der Waals surface area (Å²) in [5, 5.41) is 0. The fourth-order valence-electron chi connectivity index (χ4n) is 2.72. The van der Waals surface area contributed by atoms with Gasteiger partial charge in [0.25, 0.3) is 0 Å². The SMILES string of the molecule is CC(C)CN(C1CC1)C(CN)c1ccc(C(F)(F)F)cc1. The summed E-state index contributed by atoms with van der Waals surface area (Å²) in [7, 11) is 0. The number of benzene rings is 1. The predicted octanol–water partition coefficient (Wildman–Crippen LogP) is 3.83. The van der Waals surface area contributed by atoms with Crippen molar-refractivity contribution in [2.75, 3.05) is 13.1 Å². The minimum absolute atomic E-state index is 0.00202. The Kier molecular flexibility index (Phi) is 4.94. The summed E-state index contributed by atoms with van der Waals surface area (Å²) in [6.07, 6.45) is -1.97. The molecule has 2 rings (SSSR count). The van der Waals surface area contributed by atoms with Gasteiger partial charge in [-0.3, -0.25) is 4.90 Å². The first-order valence-corrected chi connectivity index (χ1v) is 7.46. The summed E-state index contributed by atoms with van der Waals surface area (Å²) in [6, 6.07) is 5.97. The van der Waals surface area contributed by atoms with Gasteiger partial charge >= 0.3 is 6.18 Å². The van der Waals surface area contributed by atoms with Crippen molar-refractivity contribution in [2.45, 2.75) is 44.9 Å². The van der Waals surface area contributed by atoms with Crippen molar-refractivity contribution >= 4 is 0 Å². The standard InChI is InChI=1S/C16H23F3N2/c1-11(2)10-21(14-7-8-14)15(9-20)12-3-5-13(6-4-12)16(17,18)19/h3-6,11,14-15H,7-10,20H2,1-2H3. The van der Waals surface area contributed by atoms with Crippen LogP contribution in [0.5, 0.6) is 0 Å². The van der Waals surface area contributed by atoms with Gasteiger partial charge in [-0.1, -0.05) is 26.0 Å². The summed E-state index contributed by atoms with van der Waals surface area (Å²) in [4.78, 5) is 2.35. The van der Waals surface area contributed by atoms with Crippen LogP contribution >= 0.6 is 0 Å². The van der Waals surface area contributed by atoms with E-state index < -0.39 is 11.7 Å². The molecule has 2 nitrogen and oxygen atoms in total. The summed E-state index contributed by atoms with van der Waals surface area (Å²) >= 11 is 0. The van der Waals surface area contributed by atoms with Crippen LogP contribution in [-0.4, -0.2) is 24.0 Å². The van der Waals surface area contributed by atoms with Crippen LogP contribution in [0.3, 0.4) is 0 Å². The van der Waals surface area contributed by atoms with E-state index in [0.29, 0.717) is 18.5 Å². The van der Waals surface area contributed by atoms with Crippen molar-refractivity contribution in [2.24, 2.45) is 11.7 Å². The van der Waals surface area contributed by atoms with Crippen molar-refractivity contribution in [1.82, 2.24) is 4.90 Å². The van der Waals surface area contributed by atoms with Crippen LogP contribution < -0.4 is 5.73 Å². The van der Waals surface area contributed by atoms with Crippen LogP contribution in [0.2, 0.25) is 0 Å². The van der Waals surface area contributed by atoms with Gasteiger partial charge in [-0.15, -0.1) is 0 Å². The maximum atomic E-state index is 12.6. The molecule has 1 aromatic rings. The fourth-order valence-corrected chi connectivity index (χ4v) is 2.72. The Bertz CT molecular complexity index is 450. The molecule has 1 aliphatic rings. The van der Waals surface area contributed by atoms with Crippen LogP contribution in [0.25, 0.3) is 0 Å². The number of alkyl halides is 3. The van der Waals surface area contributed by atoms with E-state index in [0.717, 1.165) is 37.1 Å². The minimum Gasteiger partial charge on any atom is -0.329 e. The molecular formula is C16H23F3N2. The van der Waals surface area contributed by atoms with Crippen LogP contribution in [0.1, 0.15) is 43.9 Å². The van der Waals surface area contributed by atoms with E-state index in [1.807, 2.05) is 0 Å². The number of hydrogen-bond donors (Lipinski definition) is 1. The van der Waals surface area contributed by atoms with Gasteiger partial charge in [-0.2, -0.15) is 13.2 Å². The average molecular weight is 300 g/mol. The van der Waals surface area contributed by atoms with Crippen LogP contribution in [0.15, 0.2) is 24.3 Å². The first-order valence-electron chi connectivity index (χ1n) is 7.46. The molecule has 1 saturated carbocycles. The molecule has 0 heterocycles. The Morgan fingerprint density at radius 3 is 2.14 bits per heavy atom. The second kappa shape index (κ2) is 6.36. The third kappa shape index (κ3) is 4.20. The van der Waals surface area contributed by atoms with Gasteiger partial charge in [-0.25, -0.2) is 0 Å². The number of halogens is 3. The topological polar surface area (TPSA) is 29.3 Å². The molecule has 0 aliphatic heterocycles. The van der Waals surface area contributed by atoms with E-state index in [9.17, 15) is 13.2 Å². The molecule has 0 aromatic heterocycles. The Hall–Kier alpha value is -1.07. The number of hydrogen-bond acceptors (Lipinski definition) is 2. The van der Waals surface area contributed by atoms with Gasteiger partial charge in [0, 0.05) is 25.2 Å². The van der Waals surface area contributed by atoms with E-state index in [-0.39, 0.29) is 6.04 Å². The molecule has 0 bridgehead atoms. The van der Waals surface area contributed by atoms with Gasteiger partial charge in [0.1, 0.15) is 0 Å². The quantitative estimate of drug-likeness (QED) is 0.865. The zero-order valence-electron chi connectivity index (χ0n) is 12.5. The minimum atomic E-state index is -4.29. The normalized spacial score (nSPS) is 17.5. The van der Waals surface area contributed by atoms with Gasteiger partial charge in [0.2, 0.25) is 0 Å². The molecule has 1 atom stereocenters. The van der Waals surface area contributed by atoms with Gasteiger partial charge < -0.3 is 5.73 Å². The third-order valence-corrected chi connectivity index (χ3v) is 3.84. The summed E-state index contributed by atoms with van der Waals surface area (Å²) in [5.41, 5.74) is 6.17. The molecule has 1 fully saturated rings. The second-order valence-corrected chi connectivity index (χ2v) is 6.19. The Balaban J connectivity index is 2.19. The van der Waals surface area contributed by atoms with Crippen molar-refractivity contribution in [3.63, 3.8) is 0 Å². The summed E-state index contributed by atoms with van der Waals surface area (Å²) in [5.74, 6) is 0.508. The zero-order valence-corrected chi connectivity index (χ0v) is 12.5. The van der Waals surface area contributed by atoms with Crippen LogP contribution in [-0.2, 0) is 6.18 Å². The summed E-state index contributed by atoms with van der Waals surface area (Å²) in [6.45, 7) is 5.65. The highest BCUT2D eigenvalue weighted by molar-refractivity contribution is 5.27. The molecule has 1 unspecified atom stereocenters. The molecule has 1 aliphatic carbocycles. The largest absolute Gasteiger partial charge is 0.416 e. The zero-order chi connectivity index (χ0) is 15.6. The van der Waals surface area contributed by atoms with Crippen molar-refractivity contribution in [1.29, 1.82) is 0 Å². The highest BCUT2D eigenvalue weighted by Crippen LogP contribution is 2.36. The molecule has 0 amide bonds. The molecule has 2 N–H and O–H groups in total. The molecule has 5 heteroatoms. The lowest BCUT2D eigenvalue weighted by Crippen LogP contribution is -2.38. The van der Waals surface area contributed by atoms with E-state index in [1.54, 1.807) is 12.1 Å². The van der Waals surface area contributed by atoms with Crippen molar-refractivity contribution < 1.29 is 13.2 Å². The molecule has 0 radical (unpaired) electrons. The van der Waals surface area contributed by atoms with E-state index in [4.69, 9.17) is 5.73 Å². The van der Waals surface area contributed by atoms with E-state index in [1.165, 1.54) is 0 Å². The highest BCUT2D eigenvalue weighted by atomic mass is 19.4. The molecule has 21 heavy (non-hydrogen) atoms. The van der Waals surface area contributed by atoms with Crippen molar-refractivity contribution in [3.8, 4) is 0 Å². The number of nitrogens with two attached hydrogens (primary N) is 1. The Morgan fingerprint density at radius 2 is 1.76 bits per heavy atom. The number of rotatable bonds is 6. The molecular weight excluding hydrogens is 277 g/mol. The highest BCUT2D eigenvalue weighted by Gasteiger charge is 2.35. The smallest absolute Gasteiger partial charge is 0.329 e. The molecule has 0 saturated heterocycles. The van der Waals surface area contributed by atoms with Gasteiger partial charge in [0.15, 0.2) is 0 Å². The van der Waals surface area contributed by atoms with E-state index >= 15 is 0 Å². The molecule has 0 spiro atoms. The van der Waals surface area contributed by atoms with Crippen molar-refractivity contribution in [3.05, 3.63) is 35.4 Å². The average Bonchev–Trinajstić information content (AvgIpc) is 3.22. The maximum absolute atomic E-state index is 12.6. The lowest BCUT2D eigenvalue weighted by Gasteiger charge is -2.33. The first kappa shape index (κ1) is 16.3. The Morgan fingerprint density at radius 1 is 1.19 bits per heavy atom. The van der Waals surface area contributed by atoms with Crippen LogP contribution in [0.4, 0.5) is 13.2 Å². The molecule has 1 aromatic carbocycles. The van der Waals surface area contributed by atoms with Crippen LogP contribution in [0, 0.1) is 5.92 Å². The Labute approximate surface area is 124 Å². The lowest BCUT2D eigenvalue weighted by molar-refractivity contribution is -0.137. The second-order valence-electron chi connectivity index (χ2n) is 6.19. The van der Waals surface area contributed by atoms with E-state index in [2.05, 4.69) is 18.7 Å². The summed E-state index contributed by atoms with van der Waals surface area (Å²) < 4.78 is 37.9. The predicted molar refractivity (Wildman–Crippen MR) is 77.8 cm³/mol. The van der Waals surface area contributed by atoms with Gasteiger partial charge in [-0.05, 0) is 36.5 Å². The number of nitrogens with zero attached hydrogens (tertiary/aromatic N) is 1. The lowest BCUT2D eigenvalue weighted by atomic mass is 10.0.